The molecule has 0 unspecified atom stereocenters. The molecule has 2 aromatic heterocycles. The number of thioether (sulfide) groups is 1. The Hall–Kier alpha value is -1.23. The quantitative estimate of drug-likeness (QED) is 0.720. The molecule has 0 saturated carbocycles. The fraction of sp³-hybridized carbons (Fsp3) is 0.333. The summed E-state index contributed by atoms with van der Waals surface area (Å²) in [5.74, 6) is 0. The molecule has 5 heteroatoms. The Bertz CT molecular complexity index is 541. The maximum Gasteiger partial charge on any atom is 0.252 e. The molecule has 4 nitrogen and oxygen atoms in total. The molecule has 2 rings (SSSR count). The highest BCUT2D eigenvalue weighted by molar-refractivity contribution is 7.98. The van der Waals surface area contributed by atoms with E-state index in [4.69, 9.17) is 0 Å². The normalized spacial score (nSPS) is 11.1. The molecule has 0 radical (unpaired) electrons. The molecule has 74 valence electrons. The van der Waals surface area contributed by atoms with Crippen molar-refractivity contribution in [2.45, 2.75) is 12.1 Å². The fourth-order valence-corrected chi connectivity index (χ4v) is 1.96. The highest BCUT2D eigenvalue weighted by Crippen LogP contribution is 2.18. The van der Waals surface area contributed by atoms with Crippen LogP contribution < -0.4 is 5.56 Å². The molecule has 14 heavy (non-hydrogen) atoms. The summed E-state index contributed by atoms with van der Waals surface area (Å²) in [5, 5.41) is 0.904. The number of aryl methyl sites for hydroxylation is 2. The van der Waals surface area contributed by atoms with Gasteiger partial charge in [0.1, 0.15) is 0 Å². The first kappa shape index (κ1) is 9.33. The molecule has 0 amide bonds. The van der Waals surface area contributed by atoms with E-state index in [0.717, 1.165) is 10.7 Å². The number of aromatic nitrogens is 3. The summed E-state index contributed by atoms with van der Waals surface area (Å²) < 4.78 is 1.98. The van der Waals surface area contributed by atoms with Gasteiger partial charge in [0.05, 0.1) is 5.52 Å². The first-order valence-corrected chi connectivity index (χ1v) is 5.46. The Morgan fingerprint density at radius 3 is 2.93 bits per heavy atom. The van der Waals surface area contributed by atoms with Crippen molar-refractivity contribution in [2.24, 2.45) is 7.05 Å². The third-order valence-corrected chi connectivity index (χ3v) is 2.95. The summed E-state index contributed by atoms with van der Waals surface area (Å²) in [6, 6.07) is 1.86. The number of rotatable bonds is 1. The van der Waals surface area contributed by atoms with Crippen LogP contribution in [0.5, 0.6) is 0 Å². The van der Waals surface area contributed by atoms with Crippen molar-refractivity contribution in [3.05, 3.63) is 22.0 Å². The number of hydrogen-bond acceptors (Lipinski definition) is 3. The van der Waals surface area contributed by atoms with Crippen LogP contribution in [0, 0.1) is 6.92 Å². The summed E-state index contributed by atoms with van der Waals surface area (Å²) in [5.41, 5.74) is 2.27. The Morgan fingerprint density at radius 1 is 1.57 bits per heavy atom. The Labute approximate surface area is 85.4 Å². The molecule has 0 saturated heterocycles. The number of imidazole rings is 1. The zero-order chi connectivity index (χ0) is 10.3. The van der Waals surface area contributed by atoms with Crippen molar-refractivity contribution in [1.82, 2.24) is 14.5 Å². The van der Waals surface area contributed by atoms with Crippen LogP contribution in [0.2, 0.25) is 0 Å². The minimum Gasteiger partial charge on any atom is -0.321 e. The molecule has 1 N–H and O–H groups in total. The molecular weight excluding hydrogens is 198 g/mol. The lowest BCUT2D eigenvalue weighted by molar-refractivity contribution is 0.816. The van der Waals surface area contributed by atoms with Crippen molar-refractivity contribution in [3.63, 3.8) is 0 Å². The van der Waals surface area contributed by atoms with Gasteiger partial charge in [0, 0.05) is 12.6 Å². The van der Waals surface area contributed by atoms with Crippen LogP contribution in [0.1, 0.15) is 5.56 Å². The zero-order valence-electron chi connectivity index (χ0n) is 8.29. The maximum atomic E-state index is 11.3. The van der Waals surface area contributed by atoms with E-state index in [1.54, 1.807) is 18.7 Å². The number of hydrogen-bond donors (Lipinski definition) is 1. The van der Waals surface area contributed by atoms with Gasteiger partial charge in [-0.2, -0.15) is 0 Å². The van der Waals surface area contributed by atoms with Crippen LogP contribution in [-0.4, -0.2) is 20.8 Å². The van der Waals surface area contributed by atoms with E-state index in [2.05, 4.69) is 9.97 Å². The van der Waals surface area contributed by atoms with Crippen molar-refractivity contribution in [2.75, 3.05) is 6.26 Å². The third-order valence-electron chi connectivity index (χ3n) is 2.22. The number of pyridine rings is 1. The maximum absolute atomic E-state index is 11.3. The second-order valence-corrected chi connectivity index (χ2v) is 3.95. The Morgan fingerprint density at radius 2 is 2.29 bits per heavy atom. The van der Waals surface area contributed by atoms with E-state index in [-0.39, 0.29) is 5.56 Å². The molecule has 0 aliphatic heterocycles. The Balaban J connectivity index is 2.86. The van der Waals surface area contributed by atoms with E-state index in [9.17, 15) is 4.79 Å². The average molecular weight is 209 g/mol. The van der Waals surface area contributed by atoms with E-state index < -0.39 is 0 Å². The van der Waals surface area contributed by atoms with Gasteiger partial charge in [-0.1, -0.05) is 11.8 Å². The topological polar surface area (TPSA) is 50.7 Å². The molecule has 0 spiro atoms. The van der Waals surface area contributed by atoms with E-state index in [1.807, 2.05) is 23.9 Å². The second-order valence-electron chi connectivity index (χ2n) is 3.17. The minimum absolute atomic E-state index is 0.0664. The van der Waals surface area contributed by atoms with Crippen LogP contribution >= 0.6 is 11.8 Å². The molecule has 0 aliphatic carbocycles. The molecule has 0 atom stereocenters. The molecule has 2 aromatic rings. The first-order chi connectivity index (χ1) is 6.63. The van der Waals surface area contributed by atoms with Gasteiger partial charge >= 0.3 is 0 Å². The number of nitrogens with zero attached hydrogens (tertiary/aromatic N) is 2. The summed E-state index contributed by atoms with van der Waals surface area (Å²) in [4.78, 5) is 18.4. The number of aromatic amines is 1. The lowest BCUT2D eigenvalue weighted by Gasteiger charge is -1.97. The molecule has 0 aliphatic rings. The van der Waals surface area contributed by atoms with Gasteiger partial charge in [-0.25, -0.2) is 4.98 Å². The number of fused-ring (bicyclic) bond motifs is 1. The lowest BCUT2D eigenvalue weighted by Crippen LogP contribution is -2.08. The predicted octanol–water partition coefficient (Wildman–Crippen LogP) is 1.29. The summed E-state index contributed by atoms with van der Waals surface area (Å²) >= 11 is 1.56. The van der Waals surface area contributed by atoms with E-state index >= 15 is 0 Å². The monoisotopic (exact) mass is 209 g/mol. The number of nitrogens with one attached hydrogen (secondary N) is 1. The van der Waals surface area contributed by atoms with E-state index in [0.29, 0.717) is 11.2 Å². The molecule has 0 bridgehead atoms. The van der Waals surface area contributed by atoms with E-state index in [1.165, 1.54) is 0 Å². The molecule has 0 fully saturated rings. The van der Waals surface area contributed by atoms with Gasteiger partial charge in [-0.05, 0) is 19.2 Å². The van der Waals surface area contributed by atoms with Crippen LogP contribution in [0.3, 0.4) is 0 Å². The smallest absolute Gasteiger partial charge is 0.252 e. The average Bonchev–Trinajstić information content (AvgIpc) is 2.45. The SMILES string of the molecule is CSc1nc2[nH]c(=O)c(C)cc2n1C. The van der Waals surface area contributed by atoms with Crippen LogP contribution in [0.15, 0.2) is 16.0 Å². The van der Waals surface area contributed by atoms with Crippen molar-refractivity contribution in [3.8, 4) is 0 Å². The van der Waals surface area contributed by atoms with Gasteiger partial charge < -0.3 is 9.55 Å². The predicted molar refractivity (Wildman–Crippen MR) is 57.9 cm³/mol. The van der Waals surface area contributed by atoms with Crippen LogP contribution in [-0.2, 0) is 7.05 Å². The summed E-state index contributed by atoms with van der Waals surface area (Å²) in [6.07, 6.45) is 1.96. The fourth-order valence-electron chi connectivity index (χ4n) is 1.41. The molecule has 0 aromatic carbocycles. The number of H-pyrrole nitrogens is 1. The largest absolute Gasteiger partial charge is 0.321 e. The van der Waals surface area contributed by atoms with Crippen molar-refractivity contribution >= 4 is 22.9 Å². The lowest BCUT2D eigenvalue weighted by atomic mass is 10.3. The third kappa shape index (κ3) is 1.24. The van der Waals surface area contributed by atoms with Gasteiger partial charge in [0.15, 0.2) is 10.8 Å². The molecular formula is C9H11N3OS. The van der Waals surface area contributed by atoms with Gasteiger partial charge in [0.2, 0.25) is 0 Å². The first-order valence-electron chi connectivity index (χ1n) is 4.24. The van der Waals surface area contributed by atoms with Gasteiger partial charge in [0.25, 0.3) is 5.56 Å². The Kier molecular flexibility index (Phi) is 2.11. The standard InChI is InChI=1S/C9H11N3OS/c1-5-4-6-7(10-8(5)13)11-9(14-3)12(6)2/h4H,1-3H3,(H,10,13). The highest BCUT2D eigenvalue weighted by Gasteiger charge is 2.08. The van der Waals surface area contributed by atoms with Gasteiger partial charge in [-0.3, -0.25) is 4.79 Å². The second kappa shape index (κ2) is 3.16. The van der Waals surface area contributed by atoms with Gasteiger partial charge in [-0.15, -0.1) is 0 Å². The highest BCUT2D eigenvalue weighted by atomic mass is 32.2. The summed E-state index contributed by atoms with van der Waals surface area (Å²) in [7, 11) is 1.94. The van der Waals surface area contributed by atoms with Crippen molar-refractivity contribution in [1.29, 1.82) is 0 Å². The van der Waals surface area contributed by atoms with Crippen molar-refractivity contribution < 1.29 is 0 Å². The zero-order valence-corrected chi connectivity index (χ0v) is 9.10. The molecule has 2 heterocycles. The van der Waals surface area contributed by atoms with Crippen LogP contribution in [0.25, 0.3) is 11.2 Å². The summed E-state index contributed by atoms with van der Waals surface area (Å²) in [6.45, 7) is 1.80. The minimum atomic E-state index is -0.0664. The van der Waals surface area contributed by atoms with Crippen LogP contribution in [0.4, 0.5) is 0 Å².